The smallest absolute Gasteiger partial charge is 0.263 e. The van der Waals surface area contributed by atoms with E-state index in [2.05, 4.69) is 0 Å². The highest BCUT2D eigenvalue weighted by atomic mass is 32.3. The minimum absolute atomic E-state index is 0.393. The van der Waals surface area contributed by atoms with Gasteiger partial charge in [-0.2, -0.15) is 0 Å². The number of ether oxygens (including phenoxy) is 1. The van der Waals surface area contributed by atoms with Gasteiger partial charge in [-0.1, -0.05) is 24.3 Å². The Morgan fingerprint density at radius 3 is 2.38 bits per heavy atom. The summed E-state index contributed by atoms with van der Waals surface area (Å²) in [7, 11) is -2.94. The van der Waals surface area contributed by atoms with E-state index in [0.29, 0.717) is 16.2 Å². The minimum atomic E-state index is -2.94. The van der Waals surface area contributed by atoms with Gasteiger partial charge in [-0.15, -0.1) is 10.6 Å². The van der Waals surface area contributed by atoms with Gasteiger partial charge in [0.2, 0.25) is 6.10 Å². The number of nitrogens with two attached hydrogens (primary N) is 1. The summed E-state index contributed by atoms with van der Waals surface area (Å²) in [6.45, 7) is 3.79. The summed E-state index contributed by atoms with van der Waals surface area (Å²) in [5, 5.41) is 1.35. The summed E-state index contributed by atoms with van der Waals surface area (Å²) in [5.74, 6) is -0.203. The Kier molecular flexibility index (Phi) is 4.13. The van der Waals surface area contributed by atoms with Crippen LogP contribution >= 0.6 is 10.6 Å². The fourth-order valence-electron chi connectivity index (χ4n) is 2.92. The van der Waals surface area contributed by atoms with Gasteiger partial charge in [0.1, 0.15) is 5.75 Å². The number of benzene rings is 2. The van der Waals surface area contributed by atoms with Crippen molar-refractivity contribution in [3.05, 3.63) is 64.1 Å². The first-order valence-corrected chi connectivity index (χ1v) is 9.03. The molecule has 3 rings (SSSR count). The number of carbonyl (C=O) groups excluding carboxylic acids is 1. The monoisotopic (exact) mass is 345 g/mol. The minimum Gasteiger partial charge on any atom is -0.475 e. The van der Waals surface area contributed by atoms with E-state index < -0.39 is 22.6 Å². The average molecular weight is 345 g/mol. The van der Waals surface area contributed by atoms with Crippen molar-refractivity contribution >= 4 is 22.6 Å². The Balaban J connectivity index is 2.05. The van der Waals surface area contributed by atoms with Gasteiger partial charge in [0, 0.05) is 16.5 Å². The van der Waals surface area contributed by atoms with E-state index >= 15 is 0 Å². The molecule has 24 heavy (non-hydrogen) atoms. The number of hydrogen-bond donors (Lipinski definition) is 3. The quantitative estimate of drug-likeness (QED) is 0.781. The normalized spacial score (nSPS) is 17.2. The van der Waals surface area contributed by atoms with Crippen molar-refractivity contribution in [3.8, 4) is 5.75 Å². The van der Waals surface area contributed by atoms with Crippen LogP contribution in [0.3, 0.4) is 0 Å². The molecule has 1 atom stereocenters. The van der Waals surface area contributed by atoms with Gasteiger partial charge >= 0.3 is 0 Å². The third kappa shape index (κ3) is 2.80. The van der Waals surface area contributed by atoms with Gasteiger partial charge in [0.05, 0.1) is 4.90 Å². The molecule has 4 N–H and O–H groups in total. The van der Waals surface area contributed by atoms with Gasteiger partial charge in [0.15, 0.2) is 0 Å². The van der Waals surface area contributed by atoms with Crippen LogP contribution in [0.2, 0.25) is 0 Å². The van der Waals surface area contributed by atoms with E-state index in [-0.39, 0.29) is 0 Å². The van der Waals surface area contributed by atoms with Crippen LogP contribution in [-0.2, 0) is 4.79 Å². The molecule has 1 aliphatic heterocycles. The lowest BCUT2D eigenvalue weighted by Crippen LogP contribution is -2.27. The molecule has 0 saturated heterocycles. The highest BCUT2D eigenvalue weighted by Gasteiger charge is 2.28. The number of carbonyl (C=O) groups is 1. The zero-order chi connectivity index (χ0) is 17.5. The van der Waals surface area contributed by atoms with E-state index in [0.717, 1.165) is 16.7 Å². The maximum absolute atomic E-state index is 12.0. The average Bonchev–Trinajstić information content (AvgIpc) is 2.82. The molecule has 5 nitrogen and oxygen atoms in total. The zero-order valence-corrected chi connectivity index (χ0v) is 14.2. The van der Waals surface area contributed by atoms with Crippen molar-refractivity contribution in [3.63, 3.8) is 0 Å². The van der Waals surface area contributed by atoms with E-state index in [4.69, 9.17) is 10.5 Å². The Morgan fingerprint density at radius 1 is 1.12 bits per heavy atom. The second kappa shape index (κ2) is 5.98. The standard InChI is InChI=1S/C18H19NO4S/c1-11-5-3-6-12(2)16(11)17(18(19)20)23-14-7-4-8-15-13(14)9-10-24(15,21)22/h3-10,17,21-22H,1-2H3,(H2,19,20). The molecule has 1 heterocycles. The first-order valence-electron chi connectivity index (χ1n) is 7.42. The summed E-state index contributed by atoms with van der Waals surface area (Å²) < 4.78 is 26.0. The second-order valence-electron chi connectivity index (χ2n) is 5.77. The van der Waals surface area contributed by atoms with Crippen molar-refractivity contribution in [1.29, 1.82) is 0 Å². The van der Waals surface area contributed by atoms with Gasteiger partial charge in [-0.3, -0.25) is 13.9 Å². The highest BCUT2D eigenvalue weighted by Crippen LogP contribution is 2.57. The summed E-state index contributed by atoms with van der Waals surface area (Å²) in [4.78, 5) is 12.4. The molecule has 126 valence electrons. The van der Waals surface area contributed by atoms with Crippen LogP contribution < -0.4 is 10.5 Å². The third-order valence-electron chi connectivity index (χ3n) is 4.08. The third-order valence-corrected chi connectivity index (χ3v) is 5.60. The van der Waals surface area contributed by atoms with E-state index in [9.17, 15) is 13.9 Å². The molecule has 2 aromatic rings. The van der Waals surface area contributed by atoms with Crippen LogP contribution in [0.25, 0.3) is 6.08 Å². The molecule has 0 radical (unpaired) electrons. The summed E-state index contributed by atoms with van der Waals surface area (Å²) in [5.41, 5.74) is 8.69. The van der Waals surface area contributed by atoms with Gasteiger partial charge in [0.25, 0.3) is 5.91 Å². The Bertz CT molecular complexity index is 825. The highest BCUT2D eigenvalue weighted by molar-refractivity contribution is 8.27. The van der Waals surface area contributed by atoms with Gasteiger partial charge < -0.3 is 10.5 Å². The molecule has 1 aliphatic rings. The number of aryl methyl sites for hydroxylation is 2. The zero-order valence-electron chi connectivity index (χ0n) is 13.4. The molecular weight excluding hydrogens is 326 g/mol. The molecule has 1 amide bonds. The van der Waals surface area contributed by atoms with Crippen molar-refractivity contribution in [1.82, 2.24) is 0 Å². The summed E-state index contributed by atoms with van der Waals surface area (Å²) in [6, 6.07) is 10.7. The number of primary amides is 1. The molecule has 1 unspecified atom stereocenters. The van der Waals surface area contributed by atoms with E-state index in [1.807, 2.05) is 32.0 Å². The molecule has 0 aliphatic carbocycles. The second-order valence-corrected chi connectivity index (χ2v) is 7.67. The van der Waals surface area contributed by atoms with Crippen LogP contribution in [0, 0.1) is 13.8 Å². The van der Waals surface area contributed by atoms with Crippen LogP contribution in [0.1, 0.15) is 28.4 Å². The predicted octanol–water partition coefficient (Wildman–Crippen LogP) is 4.00. The van der Waals surface area contributed by atoms with Crippen LogP contribution in [-0.4, -0.2) is 15.0 Å². The Morgan fingerprint density at radius 2 is 1.75 bits per heavy atom. The summed E-state index contributed by atoms with van der Waals surface area (Å²) >= 11 is 0. The lowest BCUT2D eigenvalue weighted by atomic mass is 9.97. The molecule has 0 saturated carbocycles. The lowest BCUT2D eigenvalue weighted by Gasteiger charge is -2.26. The number of amides is 1. The van der Waals surface area contributed by atoms with Crippen molar-refractivity contribution in [2.24, 2.45) is 5.73 Å². The number of rotatable bonds is 4. The van der Waals surface area contributed by atoms with Crippen molar-refractivity contribution in [2.75, 3.05) is 0 Å². The lowest BCUT2D eigenvalue weighted by molar-refractivity contribution is -0.125. The maximum Gasteiger partial charge on any atom is 0.263 e. The molecule has 0 aromatic heterocycles. The number of fused-ring (bicyclic) bond motifs is 1. The number of hydrogen-bond acceptors (Lipinski definition) is 4. The molecule has 0 fully saturated rings. The molecule has 0 bridgehead atoms. The topological polar surface area (TPSA) is 92.8 Å². The Hall–Kier alpha value is -2.28. The Labute approximate surface area is 142 Å². The first kappa shape index (κ1) is 16.6. The fraction of sp³-hybridized carbons (Fsp3) is 0.167. The summed E-state index contributed by atoms with van der Waals surface area (Å²) in [6.07, 6.45) is 0.649. The van der Waals surface area contributed by atoms with Gasteiger partial charge in [-0.05, 0) is 43.2 Å². The van der Waals surface area contributed by atoms with Crippen molar-refractivity contribution < 1.29 is 18.6 Å². The fourth-order valence-corrected chi connectivity index (χ4v) is 4.16. The first-order chi connectivity index (χ1) is 11.3. The molecule has 6 heteroatoms. The van der Waals surface area contributed by atoms with E-state index in [1.54, 1.807) is 24.3 Å². The predicted molar refractivity (Wildman–Crippen MR) is 95.1 cm³/mol. The van der Waals surface area contributed by atoms with Crippen LogP contribution in [0.15, 0.2) is 46.7 Å². The van der Waals surface area contributed by atoms with Crippen LogP contribution in [0.5, 0.6) is 5.75 Å². The molecule has 0 spiro atoms. The largest absolute Gasteiger partial charge is 0.475 e. The maximum atomic E-state index is 12.0. The molecular formula is C18H19NO4S. The van der Waals surface area contributed by atoms with Crippen molar-refractivity contribution in [2.45, 2.75) is 24.8 Å². The molecule has 2 aromatic carbocycles. The van der Waals surface area contributed by atoms with E-state index in [1.165, 1.54) is 5.41 Å². The van der Waals surface area contributed by atoms with Gasteiger partial charge in [-0.25, -0.2) is 0 Å². The van der Waals surface area contributed by atoms with Crippen LogP contribution in [0.4, 0.5) is 0 Å². The SMILES string of the molecule is Cc1cccc(C)c1C(Oc1cccc2c1C=CS2(O)O)C(N)=O.